The second kappa shape index (κ2) is 6.12. The Labute approximate surface area is 59.7 Å². The summed E-state index contributed by atoms with van der Waals surface area (Å²) in [6.07, 6.45) is 7.62. The van der Waals surface area contributed by atoms with E-state index in [0.717, 1.165) is 5.92 Å². The molecule has 0 fully saturated rings. The van der Waals surface area contributed by atoms with Gasteiger partial charge in [0, 0.05) is 0 Å². The van der Waals surface area contributed by atoms with Gasteiger partial charge in [-0.25, -0.2) is 0 Å². The molecular formula is C9H19. The lowest BCUT2D eigenvalue weighted by Crippen LogP contribution is -1.95. The minimum Gasteiger partial charge on any atom is -0.0651 e. The van der Waals surface area contributed by atoms with Gasteiger partial charge >= 0.3 is 0 Å². The van der Waals surface area contributed by atoms with Crippen LogP contribution in [0.25, 0.3) is 0 Å². The molecule has 0 spiro atoms. The summed E-state index contributed by atoms with van der Waals surface area (Å²) < 4.78 is 0. The van der Waals surface area contributed by atoms with Crippen LogP contribution in [0.2, 0.25) is 0 Å². The molecule has 0 aliphatic carbocycles. The summed E-state index contributed by atoms with van der Waals surface area (Å²) >= 11 is 0. The van der Waals surface area contributed by atoms with E-state index in [1.165, 1.54) is 25.7 Å². The van der Waals surface area contributed by atoms with Gasteiger partial charge in [0.05, 0.1) is 0 Å². The van der Waals surface area contributed by atoms with Gasteiger partial charge in [0.15, 0.2) is 0 Å². The SMILES string of the molecule is CC[CH]CC(CC)CC. The summed E-state index contributed by atoms with van der Waals surface area (Å²) in [4.78, 5) is 0. The molecule has 0 aliphatic heterocycles. The molecule has 9 heavy (non-hydrogen) atoms. The Morgan fingerprint density at radius 1 is 1.11 bits per heavy atom. The fourth-order valence-corrected chi connectivity index (χ4v) is 1.02. The Morgan fingerprint density at radius 2 is 1.67 bits per heavy atom. The van der Waals surface area contributed by atoms with Crippen molar-refractivity contribution >= 4 is 0 Å². The third kappa shape index (κ3) is 4.50. The molecule has 0 heterocycles. The van der Waals surface area contributed by atoms with E-state index < -0.39 is 0 Å². The van der Waals surface area contributed by atoms with E-state index in [1.54, 1.807) is 0 Å². The van der Waals surface area contributed by atoms with Crippen LogP contribution >= 0.6 is 0 Å². The molecule has 1 radical (unpaired) electrons. The van der Waals surface area contributed by atoms with Gasteiger partial charge in [-0.2, -0.15) is 0 Å². The maximum absolute atomic E-state index is 2.39. The summed E-state index contributed by atoms with van der Waals surface area (Å²) in [6, 6.07) is 0. The molecule has 55 valence electrons. The maximum atomic E-state index is 2.39. The number of rotatable bonds is 5. The fraction of sp³-hybridized carbons (Fsp3) is 0.889. The molecule has 0 nitrogen and oxygen atoms in total. The van der Waals surface area contributed by atoms with Gasteiger partial charge < -0.3 is 0 Å². The standard InChI is InChI=1S/C9H19/c1-4-7-8-9(5-2)6-3/h7,9H,4-6,8H2,1-3H3. The first-order valence-electron chi connectivity index (χ1n) is 4.16. The van der Waals surface area contributed by atoms with Crippen molar-refractivity contribution in [1.29, 1.82) is 0 Å². The van der Waals surface area contributed by atoms with E-state index >= 15 is 0 Å². The minimum atomic E-state index is 0.949. The molecule has 0 aliphatic rings. The van der Waals surface area contributed by atoms with Crippen molar-refractivity contribution in [2.45, 2.75) is 46.5 Å². The van der Waals surface area contributed by atoms with Crippen molar-refractivity contribution in [1.82, 2.24) is 0 Å². The van der Waals surface area contributed by atoms with Crippen molar-refractivity contribution in [2.75, 3.05) is 0 Å². The fourth-order valence-electron chi connectivity index (χ4n) is 1.02. The average Bonchev–Trinajstić information content (AvgIpc) is 1.91. The molecule has 0 heteroatoms. The summed E-state index contributed by atoms with van der Waals surface area (Å²) in [5, 5.41) is 0. The average molecular weight is 127 g/mol. The van der Waals surface area contributed by atoms with Crippen LogP contribution in [-0.4, -0.2) is 0 Å². The highest BCUT2D eigenvalue weighted by Crippen LogP contribution is 2.14. The smallest absolute Gasteiger partial charge is 0.0386 e. The minimum absolute atomic E-state index is 0.949. The van der Waals surface area contributed by atoms with E-state index in [9.17, 15) is 0 Å². The summed E-state index contributed by atoms with van der Waals surface area (Å²) in [5.41, 5.74) is 0. The van der Waals surface area contributed by atoms with Gasteiger partial charge in [0.25, 0.3) is 0 Å². The van der Waals surface area contributed by atoms with Crippen LogP contribution in [0.15, 0.2) is 0 Å². The lowest BCUT2D eigenvalue weighted by molar-refractivity contribution is 0.481. The number of unbranched alkanes of at least 4 members (excludes halogenated alkanes) is 1. The number of hydrogen-bond acceptors (Lipinski definition) is 0. The van der Waals surface area contributed by atoms with E-state index in [4.69, 9.17) is 0 Å². The molecule has 0 saturated heterocycles. The molecule has 0 saturated carbocycles. The highest BCUT2D eigenvalue weighted by Gasteiger charge is 2.00. The van der Waals surface area contributed by atoms with Crippen LogP contribution in [0.3, 0.4) is 0 Å². The third-order valence-electron chi connectivity index (χ3n) is 1.94. The highest BCUT2D eigenvalue weighted by molar-refractivity contribution is 4.67. The Kier molecular flexibility index (Phi) is 6.12. The van der Waals surface area contributed by atoms with Crippen molar-refractivity contribution in [3.8, 4) is 0 Å². The third-order valence-corrected chi connectivity index (χ3v) is 1.94. The quantitative estimate of drug-likeness (QED) is 0.530. The zero-order chi connectivity index (χ0) is 7.11. The summed E-state index contributed by atoms with van der Waals surface area (Å²) in [7, 11) is 0. The molecule has 0 aromatic carbocycles. The van der Waals surface area contributed by atoms with Gasteiger partial charge in [-0.3, -0.25) is 0 Å². The molecular weight excluding hydrogens is 108 g/mol. The van der Waals surface area contributed by atoms with E-state index in [1.807, 2.05) is 0 Å². The second-order valence-corrected chi connectivity index (χ2v) is 2.62. The van der Waals surface area contributed by atoms with Gasteiger partial charge in [-0.1, -0.05) is 40.0 Å². The van der Waals surface area contributed by atoms with Crippen LogP contribution < -0.4 is 0 Å². The van der Waals surface area contributed by atoms with E-state index in [-0.39, 0.29) is 0 Å². The Hall–Kier alpha value is 0. The zero-order valence-electron chi connectivity index (χ0n) is 6.98. The van der Waals surface area contributed by atoms with Gasteiger partial charge in [0.2, 0.25) is 0 Å². The topological polar surface area (TPSA) is 0 Å². The molecule has 0 unspecified atom stereocenters. The van der Waals surface area contributed by atoms with E-state index in [0.29, 0.717) is 0 Å². The van der Waals surface area contributed by atoms with Gasteiger partial charge in [-0.05, 0) is 18.8 Å². The van der Waals surface area contributed by atoms with Crippen LogP contribution in [0.5, 0.6) is 0 Å². The maximum Gasteiger partial charge on any atom is -0.0386 e. The molecule has 0 N–H and O–H groups in total. The summed E-state index contributed by atoms with van der Waals surface area (Å²) in [5.74, 6) is 0.949. The van der Waals surface area contributed by atoms with Crippen molar-refractivity contribution in [2.24, 2.45) is 5.92 Å². The summed E-state index contributed by atoms with van der Waals surface area (Å²) in [6.45, 7) is 6.76. The number of hydrogen-bond donors (Lipinski definition) is 0. The monoisotopic (exact) mass is 127 g/mol. The van der Waals surface area contributed by atoms with Crippen molar-refractivity contribution in [3.05, 3.63) is 6.42 Å². The van der Waals surface area contributed by atoms with Gasteiger partial charge in [0.1, 0.15) is 0 Å². The highest BCUT2D eigenvalue weighted by atomic mass is 14.1. The molecule has 0 amide bonds. The molecule has 0 aromatic heterocycles. The Morgan fingerprint density at radius 3 is 2.00 bits per heavy atom. The lowest BCUT2D eigenvalue weighted by Gasteiger charge is -2.09. The largest absolute Gasteiger partial charge is 0.0651 e. The van der Waals surface area contributed by atoms with Crippen LogP contribution in [-0.2, 0) is 0 Å². The van der Waals surface area contributed by atoms with Crippen LogP contribution in [0.4, 0.5) is 0 Å². The first-order chi connectivity index (χ1) is 4.35. The second-order valence-electron chi connectivity index (χ2n) is 2.62. The molecule has 0 bridgehead atoms. The predicted molar refractivity (Wildman–Crippen MR) is 43.3 cm³/mol. The van der Waals surface area contributed by atoms with Crippen molar-refractivity contribution < 1.29 is 0 Å². The van der Waals surface area contributed by atoms with Crippen LogP contribution in [0.1, 0.15) is 46.5 Å². The first kappa shape index (κ1) is 9.00. The van der Waals surface area contributed by atoms with Gasteiger partial charge in [-0.15, -0.1) is 0 Å². The van der Waals surface area contributed by atoms with Crippen LogP contribution in [0, 0.1) is 12.3 Å². The Bertz CT molecular complexity index is 44.0. The Balaban J connectivity index is 3.09. The molecule has 0 rings (SSSR count). The predicted octanol–water partition coefficient (Wildman–Crippen LogP) is 3.43. The van der Waals surface area contributed by atoms with E-state index in [2.05, 4.69) is 27.2 Å². The molecule has 0 atom stereocenters. The lowest BCUT2D eigenvalue weighted by atomic mass is 9.97. The van der Waals surface area contributed by atoms with Crippen molar-refractivity contribution in [3.63, 3.8) is 0 Å². The first-order valence-corrected chi connectivity index (χ1v) is 4.16. The normalized spacial score (nSPS) is 10.7. The zero-order valence-corrected chi connectivity index (χ0v) is 6.98. The molecule has 0 aromatic rings.